The van der Waals surface area contributed by atoms with Crippen LogP contribution in [-0.4, -0.2) is 24.9 Å². The molecule has 0 aliphatic heterocycles. The Morgan fingerprint density at radius 2 is 1.79 bits per heavy atom. The lowest BCUT2D eigenvalue weighted by Gasteiger charge is -2.11. The fraction of sp³-hybridized carbons (Fsp3) is 0.150. The minimum Gasteiger partial charge on any atom is -0.324 e. The lowest BCUT2D eigenvalue weighted by molar-refractivity contribution is 0.102. The molecule has 3 aromatic rings. The first-order chi connectivity index (χ1) is 13.4. The summed E-state index contributed by atoms with van der Waals surface area (Å²) in [6, 6.07) is 14.1. The van der Waals surface area contributed by atoms with Crippen LogP contribution in [0, 0.1) is 5.82 Å². The average Bonchev–Trinajstić information content (AvgIpc) is 3.29. The Morgan fingerprint density at radius 3 is 2.50 bits per heavy atom. The molecular formula is C20H18FN3O3S. The third kappa shape index (κ3) is 3.97. The molecule has 1 aliphatic carbocycles. The van der Waals surface area contributed by atoms with Gasteiger partial charge in [0.15, 0.2) is 0 Å². The lowest BCUT2D eigenvalue weighted by atomic mass is 10.2. The summed E-state index contributed by atoms with van der Waals surface area (Å²) in [5.41, 5.74) is 1.46. The summed E-state index contributed by atoms with van der Waals surface area (Å²) in [5.74, 6) is -1.41. The highest BCUT2D eigenvalue weighted by Gasteiger charge is 2.30. The molecule has 28 heavy (non-hydrogen) atoms. The van der Waals surface area contributed by atoms with E-state index in [0.717, 1.165) is 30.7 Å². The number of carbonyl (C=O) groups is 1. The van der Waals surface area contributed by atoms with Gasteiger partial charge in [0.05, 0.1) is 0 Å². The monoisotopic (exact) mass is 399 g/mol. The molecule has 1 heterocycles. The molecule has 1 saturated carbocycles. The predicted octanol–water partition coefficient (Wildman–Crippen LogP) is 3.31. The first kappa shape index (κ1) is 18.4. The molecule has 2 aromatic carbocycles. The number of benzene rings is 2. The van der Waals surface area contributed by atoms with Gasteiger partial charge in [0.1, 0.15) is 10.7 Å². The molecular weight excluding hydrogens is 381 g/mol. The molecule has 4 rings (SSSR count). The van der Waals surface area contributed by atoms with Gasteiger partial charge in [-0.15, -0.1) is 0 Å². The number of nitrogens with one attached hydrogen (secondary N) is 2. The number of amides is 1. The summed E-state index contributed by atoms with van der Waals surface area (Å²) in [5, 5.41) is 2.72. The Bertz CT molecular complexity index is 1120. The fourth-order valence-corrected chi connectivity index (χ4v) is 4.20. The quantitative estimate of drug-likeness (QED) is 0.667. The standard InChI is InChI=1S/C20H18FN3O3S/c21-18-9-6-14(12-19(18)28(26,27)23-15-7-8-15)20(25)22-16-4-3-5-17(13-16)24-10-1-2-11-24/h1-6,9-13,15,23H,7-8H2,(H,22,25). The summed E-state index contributed by atoms with van der Waals surface area (Å²) in [4.78, 5) is 12.1. The normalized spacial score (nSPS) is 14.0. The molecule has 1 aliphatic rings. The van der Waals surface area contributed by atoms with Crippen LogP contribution in [0.2, 0.25) is 0 Å². The molecule has 1 aromatic heterocycles. The van der Waals surface area contributed by atoms with Crippen LogP contribution in [0.3, 0.4) is 0 Å². The number of hydrogen-bond donors (Lipinski definition) is 2. The molecule has 0 bridgehead atoms. The third-order valence-corrected chi connectivity index (χ3v) is 5.92. The van der Waals surface area contributed by atoms with Crippen molar-refractivity contribution in [1.82, 2.24) is 9.29 Å². The highest BCUT2D eigenvalue weighted by Crippen LogP contribution is 2.24. The van der Waals surface area contributed by atoms with Crippen LogP contribution in [0.1, 0.15) is 23.2 Å². The van der Waals surface area contributed by atoms with Gasteiger partial charge in [0.2, 0.25) is 10.0 Å². The first-order valence-electron chi connectivity index (χ1n) is 8.79. The van der Waals surface area contributed by atoms with E-state index in [1.165, 1.54) is 6.07 Å². The molecule has 0 radical (unpaired) electrons. The van der Waals surface area contributed by atoms with Crippen LogP contribution in [0.25, 0.3) is 5.69 Å². The molecule has 0 saturated heterocycles. The van der Waals surface area contributed by atoms with Gasteiger partial charge in [-0.05, 0) is 61.4 Å². The van der Waals surface area contributed by atoms with Gasteiger partial charge < -0.3 is 9.88 Å². The zero-order valence-corrected chi connectivity index (χ0v) is 15.6. The highest BCUT2D eigenvalue weighted by atomic mass is 32.2. The van der Waals surface area contributed by atoms with Gasteiger partial charge in [0.25, 0.3) is 5.91 Å². The van der Waals surface area contributed by atoms with Crippen molar-refractivity contribution in [3.8, 4) is 5.69 Å². The number of sulfonamides is 1. The third-order valence-electron chi connectivity index (χ3n) is 4.39. The smallest absolute Gasteiger partial charge is 0.255 e. The fourth-order valence-electron chi connectivity index (χ4n) is 2.79. The number of nitrogens with zero attached hydrogens (tertiary/aromatic N) is 1. The topological polar surface area (TPSA) is 80.2 Å². The summed E-state index contributed by atoms with van der Waals surface area (Å²) in [6.45, 7) is 0. The molecule has 8 heteroatoms. The molecule has 144 valence electrons. The summed E-state index contributed by atoms with van der Waals surface area (Å²) < 4.78 is 43.1. The number of rotatable bonds is 6. The highest BCUT2D eigenvalue weighted by molar-refractivity contribution is 7.89. The van der Waals surface area contributed by atoms with Gasteiger partial charge >= 0.3 is 0 Å². The predicted molar refractivity (Wildman–Crippen MR) is 103 cm³/mol. The summed E-state index contributed by atoms with van der Waals surface area (Å²) in [7, 11) is -4.00. The zero-order chi connectivity index (χ0) is 19.7. The van der Waals surface area contributed by atoms with Gasteiger partial charge in [-0.25, -0.2) is 17.5 Å². The van der Waals surface area contributed by atoms with E-state index in [1.54, 1.807) is 18.2 Å². The Balaban J connectivity index is 1.57. The van der Waals surface area contributed by atoms with Crippen LogP contribution in [0.4, 0.5) is 10.1 Å². The van der Waals surface area contributed by atoms with E-state index in [-0.39, 0.29) is 11.6 Å². The maximum atomic E-state index is 14.1. The largest absolute Gasteiger partial charge is 0.324 e. The van der Waals surface area contributed by atoms with Crippen molar-refractivity contribution in [2.75, 3.05) is 5.32 Å². The van der Waals surface area contributed by atoms with Gasteiger partial charge in [-0.2, -0.15) is 0 Å². The number of aromatic nitrogens is 1. The van der Waals surface area contributed by atoms with E-state index in [2.05, 4.69) is 10.0 Å². The lowest BCUT2D eigenvalue weighted by Crippen LogP contribution is -2.27. The van der Waals surface area contributed by atoms with E-state index in [1.807, 2.05) is 35.2 Å². The van der Waals surface area contributed by atoms with Gasteiger partial charge in [-0.3, -0.25) is 4.79 Å². The van der Waals surface area contributed by atoms with Crippen LogP contribution in [-0.2, 0) is 10.0 Å². The molecule has 0 unspecified atom stereocenters. The Labute approximate surface area is 162 Å². The van der Waals surface area contributed by atoms with E-state index in [9.17, 15) is 17.6 Å². The number of carbonyl (C=O) groups excluding carboxylic acids is 1. The molecule has 1 amide bonds. The minimum absolute atomic E-state index is 0.0592. The van der Waals surface area contributed by atoms with Crippen molar-refractivity contribution in [2.45, 2.75) is 23.8 Å². The average molecular weight is 399 g/mol. The molecule has 6 nitrogen and oxygen atoms in total. The molecule has 2 N–H and O–H groups in total. The second-order valence-corrected chi connectivity index (χ2v) is 8.32. The summed E-state index contributed by atoms with van der Waals surface area (Å²) >= 11 is 0. The van der Waals surface area contributed by atoms with Crippen molar-refractivity contribution in [3.63, 3.8) is 0 Å². The Morgan fingerprint density at radius 1 is 1.04 bits per heavy atom. The van der Waals surface area contributed by atoms with Gasteiger partial charge in [-0.1, -0.05) is 6.07 Å². The second kappa shape index (κ2) is 7.21. The summed E-state index contributed by atoms with van der Waals surface area (Å²) in [6.07, 6.45) is 5.23. The van der Waals surface area contributed by atoms with Crippen LogP contribution >= 0.6 is 0 Å². The second-order valence-electron chi connectivity index (χ2n) is 6.64. The Kier molecular flexibility index (Phi) is 4.74. The molecule has 0 spiro atoms. The van der Waals surface area contributed by atoms with Crippen molar-refractivity contribution in [1.29, 1.82) is 0 Å². The zero-order valence-electron chi connectivity index (χ0n) is 14.8. The van der Waals surface area contributed by atoms with Gasteiger partial charge in [0, 0.05) is 35.4 Å². The molecule has 0 atom stereocenters. The van der Waals surface area contributed by atoms with E-state index < -0.39 is 26.6 Å². The van der Waals surface area contributed by atoms with Crippen LogP contribution in [0.5, 0.6) is 0 Å². The van der Waals surface area contributed by atoms with Crippen molar-refractivity contribution >= 4 is 21.6 Å². The minimum atomic E-state index is -4.00. The van der Waals surface area contributed by atoms with Crippen molar-refractivity contribution < 1.29 is 17.6 Å². The number of halogens is 1. The maximum Gasteiger partial charge on any atom is 0.255 e. The van der Waals surface area contributed by atoms with Crippen molar-refractivity contribution in [3.05, 3.63) is 78.4 Å². The maximum absolute atomic E-state index is 14.1. The van der Waals surface area contributed by atoms with Crippen molar-refractivity contribution in [2.24, 2.45) is 0 Å². The number of hydrogen-bond acceptors (Lipinski definition) is 3. The van der Waals surface area contributed by atoms with Crippen LogP contribution in [0.15, 0.2) is 71.9 Å². The number of anilines is 1. The van der Waals surface area contributed by atoms with E-state index in [4.69, 9.17) is 0 Å². The van der Waals surface area contributed by atoms with Crippen LogP contribution < -0.4 is 10.0 Å². The Hall–Kier alpha value is -2.97. The molecule has 1 fully saturated rings. The first-order valence-corrected chi connectivity index (χ1v) is 10.3. The van der Waals surface area contributed by atoms with E-state index in [0.29, 0.717) is 5.69 Å². The SMILES string of the molecule is O=C(Nc1cccc(-n2cccc2)c1)c1ccc(F)c(S(=O)(=O)NC2CC2)c1. The van der Waals surface area contributed by atoms with E-state index >= 15 is 0 Å².